The van der Waals surface area contributed by atoms with Gasteiger partial charge in [-0.15, -0.1) is 0 Å². The lowest BCUT2D eigenvalue weighted by molar-refractivity contribution is -0.131. The van der Waals surface area contributed by atoms with Gasteiger partial charge in [0.1, 0.15) is 11.3 Å². The first-order chi connectivity index (χ1) is 10.4. The number of carbonyl (C=O) groups is 3. The Labute approximate surface area is 126 Å². The number of ether oxygens (including phenoxy) is 1. The molecular formula is C16H14O6. The van der Waals surface area contributed by atoms with Crippen LogP contribution in [0.2, 0.25) is 0 Å². The van der Waals surface area contributed by atoms with Crippen LogP contribution in [0.25, 0.3) is 0 Å². The Bertz CT molecular complexity index is 663. The molecule has 6 nitrogen and oxygen atoms in total. The standard InChI is InChI=1S/C9H8O4.C7H6O2/c1-6(10)13-8-5-3-2-4-7(8)9(11)12;8-7(9)6-4-2-1-3-5-6/h2-5H,1H3,(H,11,12);1-5H,(H,8,9). The van der Waals surface area contributed by atoms with E-state index in [0.717, 1.165) is 0 Å². The zero-order valence-electron chi connectivity index (χ0n) is 11.7. The van der Waals surface area contributed by atoms with Crippen LogP contribution in [-0.4, -0.2) is 28.1 Å². The summed E-state index contributed by atoms with van der Waals surface area (Å²) in [4.78, 5) is 31.4. The highest BCUT2D eigenvalue weighted by Gasteiger charge is 2.10. The maximum Gasteiger partial charge on any atom is 0.339 e. The molecule has 0 fully saturated rings. The van der Waals surface area contributed by atoms with Crippen LogP contribution in [-0.2, 0) is 4.79 Å². The number of hydrogen-bond acceptors (Lipinski definition) is 4. The fourth-order valence-electron chi connectivity index (χ4n) is 1.47. The van der Waals surface area contributed by atoms with Crippen LogP contribution in [0.1, 0.15) is 27.6 Å². The van der Waals surface area contributed by atoms with Crippen LogP contribution in [0, 0.1) is 0 Å². The number of rotatable bonds is 3. The van der Waals surface area contributed by atoms with Gasteiger partial charge in [-0.05, 0) is 24.3 Å². The number of carboxylic acid groups (broad SMARTS) is 2. The fraction of sp³-hybridized carbons (Fsp3) is 0.0625. The van der Waals surface area contributed by atoms with E-state index in [1.165, 1.54) is 19.1 Å². The maximum atomic E-state index is 10.6. The van der Waals surface area contributed by atoms with Gasteiger partial charge in [0.25, 0.3) is 0 Å². The number of benzene rings is 2. The van der Waals surface area contributed by atoms with Crippen molar-refractivity contribution in [3.63, 3.8) is 0 Å². The van der Waals surface area contributed by atoms with E-state index in [2.05, 4.69) is 4.74 Å². The van der Waals surface area contributed by atoms with E-state index in [1.54, 1.807) is 42.5 Å². The van der Waals surface area contributed by atoms with Crippen molar-refractivity contribution >= 4 is 17.9 Å². The summed E-state index contributed by atoms with van der Waals surface area (Å²) in [5.41, 5.74) is 0.315. The lowest BCUT2D eigenvalue weighted by Gasteiger charge is -2.03. The average molecular weight is 302 g/mol. The fourth-order valence-corrected chi connectivity index (χ4v) is 1.47. The van der Waals surface area contributed by atoms with Crippen molar-refractivity contribution in [1.29, 1.82) is 0 Å². The highest BCUT2D eigenvalue weighted by Crippen LogP contribution is 2.17. The third-order valence-electron chi connectivity index (χ3n) is 2.39. The van der Waals surface area contributed by atoms with E-state index in [1.807, 2.05) is 0 Å². The van der Waals surface area contributed by atoms with E-state index >= 15 is 0 Å². The molecule has 0 spiro atoms. The first kappa shape index (κ1) is 16.9. The number of carbonyl (C=O) groups excluding carboxylic acids is 1. The van der Waals surface area contributed by atoms with Gasteiger partial charge >= 0.3 is 17.9 Å². The minimum atomic E-state index is -1.11. The first-order valence-corrected chi connectivity index (χ1v) is 6.21. The minimum absolute atomic E-state index is 0.0160. The molecule has 0 radical (unpaired) electrons. The predicted molar refractivity (Wildman–Crippen MR) is 78.1 cm³/mol. The van der Waals surface area contributed by atoms with E-state index in [4.69, 9.17) is 10.2 Å². The summed E-state index contributed by atoms with van der Waals surface area (Å²) in [6, 6.07) is 14.3. The summed E-state index contributed by atoms with van der Waals surface area (Å²) >= 11 is 0. The van der Waals surface area contributed by atoms with Crippen LogP contribution >= 0.6 is 0 Å². The molecule has 0 aliphatic heterocycles. The second-order valence-electron chi connectivity index (χ2n) is 4.07. The van der Waals surface area contributed by atoms with Crippen molar-refractivity contribution in [3.05, 3.63) is 65.7 Å². The molecule has 114 valence electrons. The zero-order valence-corrected chi connectivity index (χ0v) is 11.7. The summed E-state index contributed by atoms with van der Waals surface area (Å²) < 4.78 is 4.69. The Morgan fingerprint density at radius 3 is 1.82 bits per heavy atom. The van der Waals surface area contributed by atoms with Crippen LogP contribution in [0.4, 0.5) is 0 Å². The van der Waals surface area contributed by atoms with Gasteiger partial charge < -0.3 is 14.9 Å². The smallest absolute Gasteiger partial charge is 0.339 e. The number of para-hydroxylation sites is 1. The summed E-state index contributed by atoms with van der Waals surface area (Å²) in [6.07, 6.45) is 0. The Morgan fingerprint density at radius 1 is 0.818 bits per heavy atom. The summed E-state index contributed by atoms with van der Waals surface area (Å²) in [6.45, 7) is 1.22. The predicted octanol–water partition coefficient (Wildman–Crippen LogP) is 2.69. The number of aromatic carboxylic acids is 2. The second-order valence-corrected chi connectivity index (χ2v) is 4.07. The lowest BCUT2D eigenvalue weighted by atomic mass is 10.2. The van der Waals surface area contributed by atoms with E-state index in [0.29, 0.717) is 5.56 Å². The van der Waals surface area contributed by atoms with Crippen molar-refractivity contribution in [1.82, 2.24) is 0 Å². The van der Waals surface area contributed by atoms with E-state index < -0.39 is 17.9 Å². The largest absolute Gasteiger partial charge is 0.478 e. The summed E-state index contributed by atoms with van der Waals surface area (Å²) in [5, 5.41) is 17.1. The molecule has 6 heteroatoms. The Balaban J connectivity index is 0.000000235. The van der Waals surface area contributed by atoms with E-state index in [9.17, 15) is 14.4 Å². The minimum Gasteiger partial charge on any atom is -0.478 e. The summed E-state index contributed by atoms with van der Waals surface area (Å²) in [7, 11) is 0. The van der Waals surface area contributed by atoms with Gasteiger partial charge in [0.05, 0.1) is 5.56 Å². The molecule has 0 unspecified atom stereocenters. The molecule has 22 heavy (non-hydrogen) atoms. The Morgan fingerprint density at radius 2 is 1.36 bits per heavy atom. The SMILES string of the molecule is CC(=O)Oc1ccccc1C(=O)O.O=C(O)c1ccccc1. The van der Waals surface area contributed by atoms with Gasteiger partial charge in [0.2, 0.25) is 0 Å². The van der Waals surface area contributed by atoms with Crippen molar-refractivity contribution in [2.75, 3.05) is 0 Å². The molecule has 0 atom stereocenters. The lowest BCUT2D eigenvalue weighted by Crippen LogP contribution is -2.06. The third kappa shape index (κ3) is 5.46. The third-order valence-corrected chi connectivity index (χ3v) is 2.39. The second kappa shape index (κ2) is 8.21. The van der Waals surface area contributed by atoms with Crippen molar-refractivity contribution in [3.8, 4) is 5.75 Å². The molecule has 0 aromatic heterocycles. The van der Waals surface area contributed by atoms with Crippen molar-refractivity contribution < 1.29 is 29.3 Å². The van der Waals surface area contributed by atoms with Crippen LogP contribution in [0.5, 0.6) is 5.75 Å². The number of carboxylic acids is 2. The molecule has 2 rings (SSSR count). The zero-order chi connectivity index (χ0) is 16.5. The number of hydrogen-bond donors (Lipinski definition) is 2. The van der Waals surface area contributed by atoms with Gasteiger partial charge in [-0.1, -0.05) is 30.3 Å². The monoisotopic (exact) mass is 302 g/mol. The van der Waals surface area contributed by atoms with Crippen molar-refractivity contribution in [2.24, 2.45) is 0 Å². The average Bonchev–Trinajstić information content (AvgIpc) is 2.48. The molecule has 0 aliphatic rings. The molecular weight excluding hydrogens is 288 g/mol. The highest BCUT2D eigenvalue weighted by atomic mass is 16.5. The van der Waals surface area contributed by atoms with Crippen LogP contribution in [0.3, 0.4) is 0 Å². The van der Waals surface area contributed by atoms with Gasteiger partial charge in [-0.2, -0.15) is 0 Å². The topological polar surface area (TPSA) is 101 Å². The molecule has 0 saturated heterocycles. The van der Waals surface area contributed by atoms with E-state index in [-0.39, 0.29) is 11.3 Å². The number of esters is 1. The molecule has 0 heterocycles. The molecule has 2 aromatic carbocycles. The maximum absolute atomic E-state index is 10.6. The van der Waals surface area contributed by atoms with Gasteiger partial charge in [0.15, 0.2) is 0 Å². The normalized spacial score (nSPS) is 9.14. The quantitative estimate of drug-likeness (QED) is 0.667. The van der Waals surface area contributed by atoms with Gasteiger partial charge in [0, 0.05) is 6.92 Å². The molecule has 0 saturated carbocycles. The molecule has 2 aromatic rings. The molecule has 0 bridgehead atoms. The van der Waals surface area contributed by atoms with Crippen LogP contribution in [0.15, 0.2) is 54.6 Å². The molecule has 0 aliphatic carbocycles. The van der Waals surface area contributed by atoms with Crippen molar-refractivity contribution in [2.45, 2.75) is 6.92 Å². The molecule has 2 N–H and O–H groups in total. The first-order valence-electron chi connectivity index (χ1n) is 6.21. The van der Waals surface area contributed by atoms with Crippen LogP contribution < -0.4 is 4.74 Å². The highest BCUT2D eigenvalue weighted by molar-refractivity contribution is 5.91. The van der Waals surface area contributed by atoms with Gasteiger partial charge in [-0.3, -0.25) is 4.79 Å². The Kier molecular flexibility index (Phi) is 6.31. The summed E-state index contributed by atoms with van der Waals surface area (Å²) in [5.74, 6) is -2.45. The molecule has 0 amide bonds. The Hall–Kier alpha value is -3.15. The van der Waals surface area contributed by atoms with Gasteiger partial charge in [-0.25, -0.2) is 9.59 Å².